The van der Waals surface area contributed by atoms with Crippen molar-refractivity contribution in [1.82, 2.24) is 9.55 Å². The molecular weight excluding hydrogens is 236 g/mol. The van der Waals surface area contributed by atoms with Gasteiger partial charge in [-0.15, -0.1) is 0 Å². The van der Waals surface area contributed by atoms with Gasteiger partial charge in [-0.05, 0) is 37.8 Å². The lowest BCUT2D eigenvalue weighted by atomic mass is 10.0. The highest BCUT2D eigenvalue weighted by atomic mass is 16.3. The molecule has 1 aromatic heterocycles. The number of aryl methyl sites for hydroxylation is 1. The molecule has 2 unspecified atom stereocenters. The number of para-hydroxylation sites is 2. The van der Waals surface area contributed by atoms with Gasteiger partial charge in [-0.1, -0.05) is 26.0 Å². The molecule has 104 valence electrons. The summed E-state index contributed by atoms with van der Waals surface area (Å²) in [5.41, 5.74) is 2.30. The normalized spacial score (nSPS) is 14.7. The monoisotopic (exact) mass is 260 g/mol. The van der Waals surface area contributed by atoms with Crippen molar-refractivity contribution >= 4 is 11.0 Å². The van der Waals surface area contributed by atoms with Crippen molar-refractivity contribution < 1.29 is 5.11 Å². The molecule has 3 nitrogen and oxygen atoms in total. The Morgan fingerprint density at radius 2 is 2.00 bits per heavy atom. The van der Waals surface area contributed by atoms with Gasteiger partial charge in [0.15, 0.2) is 0 Å². The van der Waals surface area contributed by atoms with Crippen molar-refractivity contribution in [3.8, 4) is 0 Å². The van der Waals surface area contributed by atoms with E-state index in [-0.39, 0.29) is 6.10 Å². The van der Waals surface area contributed by atoms with Crippen LogP contribution in [0, 0.1) is 5.92 Å². The third-order valence-corrected chi connectivity index (χ3v) is 3.46. The summed E-state index contributed by atoms with van der Waals surface area (Å²) >= 11 is 0. The average Bonchev–Trinajstić information content (AvgIpc) is 2.67. The highest BCUT2D eigenvalue weighted by Crippen LogP contribution is 2.20. The third-order valence-electron chi connectivity index (χ3n) is 3.46. The van der Waals surface area contributed by atoms with Crippen molar-refractivity contribution in [1.29, 1.82) is 0 Å². The first kappa shape index (κ1) is 14.1. The van der Waals surface area contributed by atoms with E-state index in [1.165, 1.54) is 5.52 Å². The molecule has 2 rings (SSSR count). The van der Waals surface area contributed by atoms with Gasteiger partial charge < -0.3 is 9.67 Å². The SMILES string of the molecule is CCCn1c(CC(C)CC(C)O)nc2ccccc21. The first-order chi connectivity index (χ1) is 9.11. The molecule has 2 aromatic rings. The van der Waals surface area contributed by atoms with E-state index in [4.69, 9.17) is 4.98 Å². The summed E-state index contributed by atoms with van der Waals surface area (Å²) in [5.74, 6) is 1.60. The van der Waals surface area contributed by atoms with Gasteiger partial charge in [-0.2, -0.15) is 0 Å². The molecule has 0 bridgehead atoms. The first-order valence-electron chi connectivity index (χ1n) is 7.24. The Morgan fingerprint density at radius 3 is 2.68 bits per heavy atom. The number of aromatic nitrogens is 2. The van der Waals surface area contributed by atoms with Crippen LogP contribution in [0.25, 0.3) is 11.0 Å². The minimum absolute atomic E-state index is 0.237. The van der Waals surface area contributed by atoms with Crippen LogP contribution in [0.15, 0.2) is 24.3 Å². The maximum atomic E-state index is 9.49. The lowest BCUT2D eigenvalue weighted by Crippen LogP contribution is -2.13. The topological polar surface area (TPSA) is 38.0 Å². The molecule has 0 aliphatic rings. The van der Waals surface area contributed by atoms with Gasteiger partial charge in [0.05, 0.1) is 17.1 Å². The minimum Gasteiger partial charge on any atom is -0.393 e. The van der Waals surface area contributed by atoms with Gasteiger partial charge in [0.2, 0.25) is 0 Å². The maximum absolute atomic E-state index is 9.49. The zero-order valence-electron chi connectivity index (χ0n) is 12.1. The van der Waals surface area contributed by atoms with E-state index in [1.807, 2.05) is 13.0 Å². The Hall–Kier alpha value is -1.35. The van der Waals surface area contributed by atoms with Crippen LogP contribution in [0.5, 0.6) is 0 Å². The smallest absolute Gasteiger partial charge is 0.110 e. The molecule has 0 spiro atoms. The van der Waals surface area contributed by atoms with Gasteiger partial charge in [0.25, 0.3) is 0 Å². The van der Waals surface area contributed by atoms with E-state index >= 15 is 0 Å². The quantitative estimate of drug-likeness (QED) is 0.864. The Morgan fingerprint density at radius 1 is 1.26 bits per heavy atom. The molecule has 0 aliphatic heterocycles. The number of hydrogen-bond acceptors (Lipinski definition) is 2. The van der Waals surface area contributed by atoms with Crippen LogP contribution in [0.3, 0.4) is 0 Å². The van der Waals surface area contributed by atoms with Gasteiger partial charge in [0, 0.05) is 13.0 Å². The summed E-state index contributed by atoms with van der Waals surface area (Å²) in [6.07, 6.45) is 2.63. The number of hydrogen-bond donors (Lipinski definition) is 1. The Labute approximate surface area is 115 Å². The van der Waals surface area contributed by atoms with Crippen molar-refractivity contribution in [3.63, 3.8) is 0 Å². The zero-order chi connectivity index (χ0) is 13.8. The van der Waals surface area contributed by atoms with Crippen LogP contribution in [0.2, 0.25) is 0 Å². The van der Waals surface area contributed by atoms with Gasteiger partial charge in [-0.3, -0.25) is 0 Å². The number of nitrogens with zero attached hydrogens (tertiary/aromatic N) is 2. The Kier molecular flexibility index (Phi) is 4.59. The van der Waals surface area contributed by atoms with Gasteiger partial charge in [-0.25, -0.2) is 4.98 Å². The Balaban J connectivity index is 2.28. The number of imidazole rings is 1. The van der Waals surface area contributed by atoms with E-state index in [2.05, 4.69) is 36.6 Å². The largest absolute Gasteiger partial charge is 0.393 e. The predicted molar refractivity (Wildman–Crippen MR) is 79.2 cm³/mol. The molecule has 1 N–H and O–H groups in total. The standard InChI is InChI=1S/C16H24N2O/c1-4-9-18-15-8-6-5-7-14(15)17-16(18)11-12(2)10-13(3)19/h5-8,12-13,19H,4,9-11H2,1-3H3. The zero-order valence-corrected chi connectivity index (χ0v) is 12.1. The van der Waals surface area contributed by atoms with Crippen molar-refractivity contribution in [2.24, 2.45) is 5.92 Å². The van der Waals surface area contributed by atoms with Crippen LogP contribution in [-0.4, -0.2) is 20.8 Å². The van der Waals surface area contributed by atoms with Crippen molar-refractivity contribution in [2.75, 3.05) is 0 Å². The number of fused-ring (bicyclic) bond motifs is 1. The maximum Gasteiger partial charge on any atom is 0.110 e. The average molecular weight is 260 g/mol. The molecule has 19 heavy (non-hydrogen) atoms. The molecule has 1 aromatic carbocycles. The summed E-state index contributed by atoms with van der Waals surface area (Å²) in [6.45, 7) is 7.24. The fraction of sp³-hybridized carbons (Fsp3) is 0.562. The van der Waals surface area contributed by atoms with E-state index < -0.39 is 0 Å². The highest BCUT2D eigenvalue weighted by Gasteiger charge is 2.14. The molecule has 0 fully saturated rings. The molecular formula is C16H24N2O. The fourth-order valence-electron chi connectivity index (χ4n) is 2.73. The van der Waals surface area contributed by atoms with E-state index in [1.54, 1.807) is 0 Å². The Bertz CT molecular complexity index is 531. The minimum atomic E-state index is -0.237. The summed E-state index contributed by atoms with van der Waals surface area (Å²) in [4.78, 5) is 4.76. The van der Waals surface area contributed by atoms with Gasteiger partial charge >= 0.3 is 0 Å². The number of aliphatic hydroxyl groups is 1. The van der Waals surface area contributed by atoms with Crippen LogP contribution in [0.1, 0.15) is 39.4 Å². The van der Waals surface area contributed by atoms with E-state index in [9.17, 15) is 5.11 Å². The lowest BCUT2D eigenvalue weighted by molar-refractivity contribution is 0.163. The molecule has 2 atom stereocenters. The van der Waals surface area contributed by atoms with Crippen LogP contribution >= 0.6 is 0 Å². The molecule has 0 aliphatic carbocycles. The second kappa shape index (κ2) is 6.20. The summed E-state index contributed by atoms with van der Waals surface area (Å²) in [6, 6.07) is 8.32. The third kappa shape index (κ3) is 3.35. The number of aliphatic hydroxyl groups excluding tert-OH is 1. The van der Waals surface area contributed by atoms with Crippen LogP contribution in [0.4, 0.5) is 0 Å². The predicted octanol–water partition coefficient (Wildman–Crippen LogP) is 3.40. The molecule has 0 saturated carbocycles. The van der Waals surface area contributed by atoms with Gasteiger partial charge in [0.1, 0.15) is 5.82 Å². The lowest BCUT2D eigenvalue weighted by Gasteiger charge is -2.14. The summed E-state index contributed by atoms with van der Waals surface area (Å²) in [5, 5.41) is 9.49. The molecule has 0 saturated heterocycles. The van der Waals surface area contributed by atoms with Crippen molar-refractivity contribution in [2.45, 2.75) is 52.7 Å². The molecule has 3 heteroatoms. The molecule has 0 radical (unpaired) electrons. The van der Waals surface area contributed by atoms with Crippen LogP contribution in [-0.2, 0) is 13.0 Å². The van der Waals surface area contributed by atoms with E-state index in [0.29, 0.717) is 5.92 Å². The number of benzene rings is 1. The van der Waals surface area contributed by atoms with E-state index in [0.717, 1.165) is 37.1 Å². The van der Waals surface area contributed by atoms with Crippen molar-refractivity contribution in [3.05, 3.63) is 30.1 Å². The van der Waals surface area contributed by atoms with Crippen LogP contribution < -0.4 is 0 Å². The molecule has 0 amide bonds. The highest BCUT2D eigenvalue weighted by molar-refractivity contribution is 5.75. The molecule has 1 heterocycles. The summed E-state index contributed by atoms with van der Waals surface area (Å²) in [7, 11) is 0. The summed E-state index contributed by atoms with van der Waals surface area (Å²) < 4.78 is 2.33. The second-order valence-corrected chi connectivity index (χ2v) is 5.56. The fourth-order valence-corrected chi connectivity index (χ4v) is 2.73. The first-order valence-corrected chi connectivity index (χ1v) is 7.24. The second-order valence-electron chi connectivity index (χ2n) is 5.56. The number of rotatable bonds is 6.